The van der Waals surface area contributed by atoms with Gasteiger partial charge in [0, 0.05) is 36.5 Å². The second kappa shape index (κ2) is 10.2. The minimum absolute atomic E-state index is 0.0522. The lowest BCUT2D eigenvalue weighted by molar-refractivity contribution is -0.122. The number of nitrogens with zero attached hydrogens (tertiary/aromatic N) is 2. The average molecular weight is 445 g/mol. The summed E-state index contributed by atoms with van der Waals surface area (Å²) in [6.07, 6.45) is 0. The summed E-state index contributed by atoms with van der Waals surface area (Å²) in [7, 11) is 0. The molecule has 32 heavy (non-hydrogen) atoms. The van der Waals surface area contributed by atoms with Gasteiger partial charge < -0.3 is 10.6 Å². The van der Waals surface area contributed by atoms with E-state index in [1.165, 1.54) is 12.1 Å². The van der Waals surface area contributed by atoms with Crippen LogP contribution in [0.4, 0.5) is 20.2 Å². The van der Waals surface area contributed by atoms with Crippen molar-refractivity contribution in [2.24, 2.45) is 0 Å². The second-order valence-corrected chi connectivity index (χ2v) is 8.58. The van der Waals surface area contributed by atoms with Crippen LogP contribution in [0, 0.1) is 25.5 Å². The van der Waals surface area contributed by atoms with Crippen LogP contribution < -0.4 is 10.6 Å². The number of anilines is 2. The molecule has 1 heterocycles. The van der Waals surface area contributed by atoms with E-state index in [-0.39, 0.29) is 48.6 Å². The third kappa shape index (κ3) is 6.11. The van der Waals surface area contributed by atoms with Crippen molar-refractivity contribution in [1.82, 2.24) is 9.80 Å². The first-order valence-corrected chi connectivity index (χ1v) is 10.7. The number of amides is 2. The molecule has 8 heteroatoms. The Kier molecular flexibility index (Phi) is 7.58. The Hall–Kier alpha value is -2.84. The molecule has 1 saturated heterocycles. The van der Waals surface area contributed by atoms with Crippen LogP contribution >= 0.6 is 0 Å². The molecule has 172 valence electrons. The summed E-state index contributed by atoms with van der Waals surface area (Å²) < 4.78 is 27.4. The molecule has 2 N–H and O–H groups in total. The molecule has 0 radical (unpaired) electrons. The summed E-state index contributed by atoms with van der Waals surface area (Å²) in [6, 6.07) is 9.35. The van der Waals surface area contributed by atoms with Crippen LogP contribution in [0.25, 0.3) is 0 Å². The summed E-state index contributed by atoms with van der Waals surface area (Å²) in [5, 5.41) is 5.49. The normalized spacial score (nSPS) is 19.6. The van der Waals surface area contributed by atoms with Gasteiger partial charge in [0.15, 0.2) is 0 Å². The van der Waals surface area contributed by atoms with E-state index in [9.17, 15) is 18.4 Å². The maximum atomic E-state index is 13.7. The molecule has 6 nitrogen and oxygen atoms in total. The molecular formula is C24H30F2N4O2. The van der Waals surface area contributed by atoms with Crippen molar-refractivity contribution in [1.29, 1.82) is 0 Å². The number of halogens is 2. The minimum Gasteiger partial charge on any atom is -0.325 e. The molecule has 0 unspecified atom stereocenters. The fraction of sp³-hybridized carbons (Fsp3) is 0.417. The lowest BCUT2D eigenvalue weighted by Gasteiger charge is -2.43. The van der Waals surface area contributed by atoms with E-state index in [1.807, 2.05) is 23.6 Å². The molecule has 1 fully saturated rings. The van der Waals surface area contributed by atoms with E-state index < -0.39 is 0 Å². The predicted molar refractivity (Wildman–Crippen MR) is 122 cm³/mol. The van der Waals surface area contributed by atoms with Crippen LogP contribution in [-0.4, -0.2) is 59.9 Å². The molecule has 2 amide bonds. The van der Waals surface area contributed by atoms with Crippen LogP contribution in [0.2, 0.25) is 0 Å². The summed E-state index contributed by atoms with van der Waals surface area (Å²) in [4.78, 5) is 29.0. The largest absolute Gasteiger partial charge is 0.325 e. The summed E-state index contributed by atoms with van der Waals surface area (Å²) in [6.45, 7) is 8.95. The Balaban J connectivity index is 1.51. The van der Waals surface area contributed by atoms with Gasteiger partial charge in [-0.25, -0.2) is 8.78 Å². The number of piperazine rings is 1. The zero-order chi connectivity index (χ0) is 23.4. The molecule has 1 aliphatic heterocycles. The van der Waals surface area contributed by atoms with Crippen LogP contribution in [0.3, 0.4) is 0 Å². The van der Waals surface area contributed by atoms with Gasteiger partial charge in [0.1, 0.15) is 11.6 Å². The Morgan fingerprint density at radius 1 is 0.812 bits per heavy atom. The molecule has 0 saturated carbocycles. The number of carbonyl (C=O) groups is 2. The van der Waals surface area contributed by atoms with Crippen molar-refractivity contribution in [3.63, 3.8) is 0 Å². The number of benzene rings is 2. The highest BCUT2D eigenvalue weighted by atomic mass is 19.1. The van der Waals surface area contributed by atoms with Crippen molar-refractivity contribution >= 4 is 23.2 Å². The molecule has 2 atom stereocenters. The second-order valence-electron chi connectivity index (χ2n) is 8.58. The molecule has 2 aromatic rings. The average Bonchev–Trinajstić information content (AvgIpc) is 2.71. The molecule has 1 aliphatic rings. The van der Waals surface area contributed by atoms with Gasteiger partial charge in [-0.3, -0.25) is 19.4 Å². The monoisotopic (exact) mass is 444 g/mol. The zero-order valence-electron chi connectivity index (χ0n) is 18.9. The maximum Gasteiger partial charge on any atom is 0.238 e. The standard InChI is InChI=1S/C24H30F2N4O2/c1-15-5-7-19(9-21(15)25)27-23(31)13-29-11-18(4)30(12-17(29)3)14-24(32)28-20-8-6-16(2)22(26)10-20/h5-10,17-18H,11-14H2,1-4H3,(H,27,31)(H,28,32)/t17-,18-/m0/s1. The SMILES string of the molecule is Cc1ccc(NC(=O)CN2C[C@H](C)N(CC(=O)Nc3ccc(C)c(F)c3)C[C@@H]2C)cc1F. The number of carbonyl (C=O) groups excluding carboxylic acids is 2. The topological polar surface area (TPSA) is 64.7 Å². The van der Waals surface area contributed by atoms with Crippen molar-refractivity contribution in [2.45, 2.75) is 39.8 Å². The number of hydrogen-bond donors (Lipinski definition) is 2. The van der Waals surface area contributed by atoms with Crippen LogP contribution in [0.1, 0.15) is 25.0 Å². The van der Waals surface area contributed by atoms with Crippen LogP contribution in [0.5, 0.6) is 0 Å². The highest BCUT2D eigenvalue weighted by molar-refractivity contribution is 5.93. The Morgan fingerprint density at radius 3 is 1.53 bits per heavy atom. The molecular weight excluding hydrogens is 414 g/mol. The molecule has 2 aromatic carbocycles. The number of aryl methyl sites for hydroxylation is 2. The number of nitrogens with one attached hydrogen (secondary N) is 2. The fourth-order valence-corrected chi connectivity index (χ4v) is 3.82. The van der Waals surface area contributed by atoms with E-state index in [0.717, 1.165) is 0 Å². The van der Waals surface area contributed by atoms with Gasteiger partial charge in [0.2, 0.25) is 11.8 Å². The van der Waals surface area contributed by atoms with Crippen LogP contribution in [0.15, 0.2) is 36.4 Å². The first-order valence-electron chi connectivity index (χ1n) is 10.7. The van der Waals surface area contributed by atoms with Crippen molar-refractivity contribution in [3.05, 3.63) is 59.2 Å². The van der Waals surface area contributed by atoms with Gasteiger partial charge in [-0.1, -0.05) is 12.1 Å². The lowest BCUT2D eigenvalue weighted by atomic mass is 10.1. The van der Waals surface area contributed by atoms with E-state index >= 15 is 0 Å². The first-order chi connectivity index (χ1) is 15.1. The van der Waals surface area contributed by atoms with E-state index in [0.29, 0.717) is 35.6 Å². The van der Waals surface area contributed by atoms with Gasteiger partial charge in [-0.15, -0.1) is 0 Å². The Labute approximate surface area is 187 Å². The lowest BCUT2D eigenvalue weighted by Crippen LogP contribution is -2.58. The maximum absolute atomic E-state index is 13.7. The highest BCUT2D eigenvalue weighted by Gasteiger charge is 2.31. The first kappa shape index (κ1) is 23.8. The minimum atomic E-state index is -0.356. The third-order valence-electron chi connectivity index (χ3n) is 5.85. The molecule has 0 spiro atoms. The van der Waals surface area contributed by atoms with Gasteiger partial charge in [0.25, 0.3) is 0 Å². The van der Waals surface area contributed by atoms with Gasteiger partial charge in [-0.05, 0) is 63.1 Å². The van der Waals surface area contributed by atoms with Crippen LogP contribution in [-0.2, 0) is 9.59 Å². The van der Waals surface area contributed by atoms with Gasteiger partial charge in [0.05, 0.1) is 13.1 Å². The molecule has 3 rings (SSSR count). The van der Waals surface area contributed by atoms with Crippen molar-refractivity contribution < 1.29 is 18.4 Å². The summed E-state index contributed by atoms with van der Waals surface area (Å²) in [5.74, 6) is -1.13. The van der Waals surface area contributed by atoms with Gasteiger partial charge >= 0.3 is 0 Å². The van der Waals surface area contributed by atoms with Gasteiger partial charge in [-0.2, -0.15) is 0 Å². The fourth-order valence-electron chi connectivity index (χ4n) is 3.82. The smallest absolute Gasteiger partial charge is 0.238 e. The number of rotatable bonds is 6. The van der Waals surface area contributed by atoms with E-state index in [4.69, 9.17) is 0 Å². The Bertz CT molecular complexity index is 918. The van der Waals surface area contributed by atoms with E-state index in [1.54, 1.807) is 38.1 Å². The van der Waals surface area contributed by atoms with Crippen molar-refractivity contribution in [3.8, 4) is 0 Å². The zero-order valence-corrected chi connectivity index (χ0v) is 18.9. The summed E-state index contributed by atoms with van der Waals surface area (Å²) >= 11 is 0. The Morgan fingerprint density at radius 2 is 1.19 bits per heavy atom. The van der Waals surface area contributed by atoms with E-state index in [2.05, 4.69) is 10.6 Å². The quantitative estimate of drug-likeness (QED) is 0.715. The molecule has 0 aromatic heterocycles. The summed E-state index contributed by atoms with van der Waals surface area (Å²) in [5.41, 5.74) is 1.92. The van der Waals surface area contributed by atoms with Crippen molar-refractivity contribution in [2.75, 3.05) is 36.8 Å². The number of hydrogen-bond acceptors (Lipinski definition) is 4. The third-order valence-corrected chi connectivity index (χ3v) is 5.85. The predicted octanol–water partition coefficient (Wildman–Crippen LogP) is 3.55. The highest BCUT2D eigenvalue weighted by Crippen LogP contribution is 2.18. The molecule has 0 aliphatic carbocycles. The molecule has 0 bridgehead atoms.